The van der Waals surface area contributed by atoms with Gasteiger partial charge in [0.25, 0.3) is 5.91 Å². The summed E-state index contributed by atoms with van der Waals surface area (Å²) in [4.78, 5) is 11.6. The fraction of sp³-hybridized carbons (Fsp3) is 0.0588. The molecule has 130 valence electrons. The van der Waals surface area contributed by atoms with Crippen molar-refractivity contribution in [1.29, 1.82) is 0 Å². The molecule has 8 nitrogen and oxygen atoms in total. The predicted octanol–water partition coefficient (Wildman–Crippen LogP) is 1.92. The Morgan fingerprint density at radius 2 is 2.08 bits per heavy atom. The molecule has 0 atom stereocenters. The molecule has 0 unspecified atom stereocenters. The SMILES string of the molecule is COc1cc2[nH]ncc2cc1-c1ccc(F)c2cc(C(=O)NN)nnc12. The Bertz CT molecular complexity index is 1160. The second kappa shape index (κ2) is 6.05. The molecular formula is C17H13FN6O2. The van der Waals surface area contributed by atoms with Gasteiger partial charge in [-0.25, -0.2) is 10.2 Å². The Hall–Kier alpha value is -3.59. The summed E-state index contributed by atoms with van der Waals surface area (Å²) in [6, 6.07) is 7.89. The third kappa shape index (κ3) is 2.42. The molecule has 0 radical (unpaired) electrons. The summed E-state index contributed by atoms with van der Waals surface area (Å²) in [6.07, 6.45) is 1.68. The van der Waals surface area contributed by atoms with Crippen LogP contribution in [0.1, 0.15) is 10.5 Å². The van der Waals surface area contributed by atoms with E-state index in [1.807, 2.05) is 11.5 Å². The van der Waals surface area contributed by atoms with E-state index in [9.17, 15) is 9.18 Å². The number of H-pyrrole nitrogens is 1. The average molecular weight is 352 g/mol. The molecule has 0 saturated heterocycles. The van der Waals surface area contributed by atoms with Gasteiger partial charge in [-0.05, 0) is 24.3 Å². The maximum absolute atomic E-state index is 14.3. The minimum atomic E-state index is -0.651. The number of halogens is 1. The minimum absolute atomic E-state index is 0.0756. The van der Waals surface area contributed by atoms with Crippen LogP contribution in [-0.2, 0) is 0 Å². The highest BCUT2D eigenvalue weighted by Crippen LogP contribution is 2.37. The molecule has 0 bridgehead atoms. The number of nitrogen functional groups attached to an aromatic ring is 1. The highest BCUT2D eigenvalue weighted by molar-refractivity contribution is 6.01. The van der Waals surface area contributed by atoms with Crippen LogP contribution in [0.25, 0.3) is 32.9 Å². The smallest absolute Gasteiger partial charge is 0.285 e. The summed E-state index contributed by atoms with van der Waals surface area (Å²) < 4.78 is 19.8. The molecule has 4 rings (SSSR count). The van der Waals surface area contributed by atoms with Crippen LogP contribution in [0.2, 0.25) is 0 Å². The van der Waals surface area contributed by atoms with Crippen molar-refractivity contribution in [3.8, 4) is 16.9 Å². The summed E-state index contributed by atoms with van der Waals surface area (Å²) >= 11 is 0. The van der Waals surface area contributed by atoms with E-state index in [2.05, 4.69) is 20.4 Å². The zero-order chi connectivity index (χ0) is 18.3. The molecule has 2 heterocycles. The molecule has 0 aliphatic heterocycles. The number of amides is 1. The van der Waals surface area contributed by atoms with Gasteiger partial charge in [-0.1, -0.05) is 0 Å². The van der Waals surface area contributed by atoms with E-state index in [0.717, 1.165) is 10.9 Å². The van der Waals surface area contributed by atoms with Crippen molar-refractivity contribution < 1.29 is 13.9 Å². The van der Waals surface area contributed by atoms with E-state index in [1.54, 1.807) is 25.4 Å². The van der Waals surface area contributed by atoms with Crippen molar-refractivity contribution in [3.63, 3.8) is 0 Å². The molecule has 26 heavy (non-hydrogen) atoms. The number of benzene rings is 2. The molecule has 2 aromatic carbocycles. The van der Waals surface area contributed by atoms with E-state index < -0.39 is 11.7 Å². The lowest BCUT2D eigenvalue weighted by Crippen LogP contribution is -2.30. The third-order valence-electron chi connectivity index (χ3n) is 4.12. The summed E-state index contributed by atoms with van der Waals surface area (Å²) in [5, 5.41) is 15.8. The molecule has 9 heteroatoms. The standard InChI is InChI=1S/C17H13FN6O2/c1-26-15-6-13-8(7-20-22-13)4-10(15)9-2-3-12(18)11-5-14(17(25)21-19)23-24-16(9)11/h2-7H,19H2,1H3,(H,20,22)(H,21,25). The number of carbonyl (C=O) groups is 1. The van der Waals surface area contributed by atoms with Gasteiger partial charge in [-0.3, -0.25) is 15.3 Å². The van der Waals surface area contributed by atoms with Crippen LogP contribution >= 0.6 is 0 Å². The molecule has 0 aliphatic carbocycles. The topological polar surface area (TPSA) is 119 Å². The number of aromatic amines is 1. The van der Waals surface area contributed by atoms with Crippen molar-refractivity contribution in [1.82, 2.24) is 25.8 Å². The highest BCUT2D eigenvalue weighted by atomic mass is 19.1. The molecule has 4 aromatic rings. The second-order valence-corrected chi connectivity index (χ2v) is 5.57. The Morgan fingerprint density at radius 3 is 2.85 bits per heavy atom. The van der Waals surface area contributed by atoms with Crippen LogP contribution in [0.3, 0.4) is 0 Å². The van der Waals surface area contributed by atoms with Crippen molar-refractivity contribution in [2.24, 2.45) is 5.84 Å². The monoisotopic (exact) mass is 352 g/mol. The van der Waals surface area contributed by atoms with Gasteiger partial charge in [0.2, 0.25) is 0 Å². The van der Waals surface area contributed by atoms with Gasteiger partial charge in [0, 0.05) is 28.0 Å². The van der Waals surface area contributed by atoms with E-state index in [-0.39, 0.29) is 11.1 Å². The number of nitrogens with zero attached hydrogens (tertiary/aromatic N) is 3. The maximum Gasteiger partial charge on any atom is 0.285 e. The van der Waals surface area contributed by atoms with Crippen molar-refractivity contribution in [2.45, 2.75) is 0 Å². The van der Waals surface area contributed by atoms with Gasteiger partial charge in [-0.2, -0.15) is 5.10 Å². The Balaban J connectivity index is 2.00. The van der Waals surface area contributed by atoms with E-state index in [4.69, 9.17) is 10.6 Å². The second-order valence-electron chi connectivity index (χ2n) is 5.57. The van der Waals surface area contributed by atoms with Crippen molar-refractivity contribution in [3.05, 3.63) is 48.0 Å². The lowest BCUT2D eigenvalue weighted by Gasteiger charge is -2.12. The molecule has 4 N–H and O–H groups in total. The predicted molar refractivity (Wildman–Crippen MR) is 92.8 cm³/mol. The third-order valence-corrected chi connectivity index (χ3v) is 4.12. The van der Waals surface area contributed by atoms with Crippen LogP contribution in [0.5, 0.6) is 5.75 Å². The molecule has 1 amide bonds. The summed E-state index contributed by atoms with van der Waals surface area (Å²) in [6.45, 7) is 0. The number of hydrazine groups is 1. The number of nitrogens with two attached hydrogens (primary N) is 1. The molecular weight excluding hydrogens is 339 g/mol. The largest absolute Gasteiger partial charge is 0.496 e. The zero-order valence-corrected chi connectivity index (χ0v) is 13.6. The summed E-state index contributed by atoms with van der Waals surface area (Å²) in [7, 11) is 1.54. The van der Waals surface area contributed by atoms with Crippen LogP contribution in [0, 0.1) is 5.82 Å². The van der Waals surface area contributed by atoms with Gasteiger partial charge in [0.1, 0.15) is 17.1 Å². The first kappa shape index (κ1) is 15.9. The Morgan fingerprint density at radius 1 is 1.23 bits per heavy atom. The van der Waals surface area contributed by atoms with E-state index in [0.29, 0.717) is 22.4 Å². The van der Waals surface area contributed by atoms with Crippen LogP contribution in [0.15, 0.2) is 36.5 Å². The summed E-state index contributed by atoms with van der Waals surface area (Å²) in [5.74, 6) is 4.50. The Labute approximate surface area is 146 Å². The summed E-state index contributed by atoms with van der Waals surface area (Å²) in [5.41, 5.74) is 4.32. The number of nitrogens with one attached hydrogen (secondary N) is 2. The van der Waals surface area contributed by atoms with Crippen LogP contribution < -0.4 is 16.0 Å². The number of hydrogen-bond acceptors (Lipinski definition) is 6. The van der Waals surface area contributed by atoms with Gasteiger partial charge in [0.05, 0.1) is 18.8 Å². The number of methoxy groups -OCH3 is 1. The average Bonchev–Trinajstić information content (AvgIpc) is 3.14. The minimum Gasteiger partial charge on any atom is -0.496 e. The molecule has 0 spiro atoms. The van der Waals surface area contributed by atoms with Gasteiger partial charge in [-0.15, -0.1) is 10.2 Å². The quantitative estimate of drug-likeness (QED) is 0.294. The van der Waals surface area contributed by atoms with Crippen LogP contribution in [0.4, 0.5) is 4.39 Å². The number of rotatable bonds is 3. The first-order valence-electron chi connectivity index (χ1n) is 7.60. The van der Waals surface area contributed by atoms with E-state index in [1.165, 1.54) is 12.1 Å². The lowest BCUT2D eigenvalue weighted by molar-refractivity contribution is 0.0948. The number of carbonyl (C=O) groups excluding carboxylic acids is 1. The molecule has 0 aliphatic rings. The Kier molecular flexibility index (Phi) is 3.70. The zero-order valence-electron chi connectivity index (χ0n) is 13.6. The van der Waals surface area contributed by atoms with Gasteiger partial charge >= 0.3 is 0 Å². The first-order chi connectivity index (χ1) is 12.6. The van der Waals surface area contributed by atoms with Crippen molar-refractivity contribution >= 4 is 27.7 Å². The number of ether oxygens (including phenoxy) is 1. The molecule has 2 aromatic heterocycles. The number of fused-ring (bicyclic) bond motifs is 2. The maximum atomic E-state index is 14.3. The van der Waals surface area contributed by atoms with E-state index >= 15 is 0 Å². The molecule has 0 fully saturated rings. The highest BCUT2D eigenvalue weighted by Gasteiger charge is 2.17. The van der Waals surface area contributed by atoms with Crippen LogP contribution in [-0.4, -0.2) is 33.4 Å². The fourth-order valence-corrected chi connectivity index (χ4v) is 2.85. The number of aromatic nitrogens is 4. The van der Waals surface area contributed by atoms with Gasteiger partial charge < -0.3 is 4.74 Å². The number of hydrogen-bond donors (Lipinski definition) is 3. The molecule has 0 saturated carbocycles. The first-order valence-corrected chi connectivity index (χ1v) is 7.60. The van der Waals surface area contributed by atoms with Gasteiger partial charge in [0.15, 0.2) is 5.69 Å². The lowest BCUT2D eigenvalue weighted by atomic mass is 9.99. The van der Waals surface area contributed by atoms with Crippen molar-refractivity contribution in [2.75, 3.05) is 7.11 Å². The normalized spacial score (nSPS) is 11.0. The fourth-order valence-electron chi connectivity index (χ4n) is 2.85.